The molecule has 1 N–H and O–H groups in total. The predicted molar refractivity (Wildman–Crippen MR) is 112 cm³/mol. The molecule has 0 atom stereocenters. The number of carbonyl (C=O) groups excluding carboxylic acids is 1. The Hall–Kier alpha value is -2.49. The number of urea groups is 1. The summed E-state index contributed by atoms with van der Waals surface area (Å²) in [6.07, 6.45) is 0. The quantitative estimate of drug-likeness (QED) is 0.879. The normalized spacial score (nSPS) is 15.0. The molecule has 1 saturated heterocycles. The molecule has 0 aromatic heterocycles. The molecule has 0 radical (unpaired) electrons. The summed E-state index contributed by atoms with van der Waals surface area (Å²) in [6.45, 7) is 12.6. The Labute approximate surface area is 163 Å². The first-order chi connectivity index (χ1) is 12.9. The molecule has 0 spiro atoms. The smallest absolute Gasteiger partial charge is 0.317 e. The molecular weight excluding hydrogens is 334 g/mol. The molecule has 2 amide bonds. The highest BCUT2D eigenvalue weighted by atomic mass is 16.2. The zero-order valence-corrected chi connectivity index (χ0v) is 17.0. The number of nitrogens with one attached hydrogen (secondary N) is 1. The lowest BCUT2D eigenvalue weighted by atomic mass is 9.85. The highest BCUT2D eigenvalue weighted by molar-refractivity contribution is 5.74. The third-order valence-electron chi connectivity index (χ3n) is 5.31. The van der Waals surface area contributed by atoms with Crippen LogP contribution in [0.15, 0.2) is 48.5 Å². The highest BCUT2D eigenvalue weighted by Crippen LogP contribution is 2.32. The van der Waals surface area contributed by atoms with E-state index in [2.05, 4.69) is 74.3 Å². The largest absolute Gasteiger partial charge is 0.368 e. The molecule has 1 aliphatic heterocycles. The molecule has 27 heavy (non-hydrogen) atoms. The van der Waals surface area contributed by atoms with Crippen molar-refractivity contribution >= 4 is 11.7 Å². The molecule has 2 aromatic rings. The fraction of sp³-hybridized carbons (Fsp3) is 0.435. The minimum absolute atomic E-state index is 0.0296. The number of piperazine rings is 1. The lowest BCUT2D eigenvalue weighted by molar-refractivity contribution is 0.194. The van der Waals surface area contributed by atoms with Crippen LogP contribution in [0.25, 0.3) is 0 Å². The van der Waals surface area contributed by atoms with Crippen molar-refractivity contribution in [3.05, 3.63) is 65.2 Å². The lowest BCUT2D eigenvalue weighted by Crippen LogP contribution is -2.52. The van der Waals surface area contributed by atoms with E-state index in [1.54, 1.807) is 0 Å². The van der Waals surface area contributed by atoms with Crippen LogP contribution in [0.2, 0.25) is 0 Å². The van der Waals surface area contributed by atoms with Gasteiger partial charge < -0.3 is 15.1 Å². The van der Waals surface area contributed by atoms with Crippen LogP contribution < -0.4 is 10.2 Å². The first kappa shape index (κ1) is 19.3. The minimum Gasteiger partial charge on any atom is -0.368 e. The number of benzene rings is 2. The second kappa shape index (κ2) is 8.03. The van der Waals surface area contributed by atoms with Crippen molar-refractivity contribution in [3.63, 3.8) is 0 Å². The van der Waals surface area contributed by atoms with Crippen LogP contribution in [-0.4, -0.2) is 37.1 Å². The molecule has 0 aliphatic carbocycles. The van der Waals surface area contributed by atoms with Crippen LogP contribution in [0.4, 0.5) is 10.5 Å². The van der Waals surface area contributed by atoms with E-state index in [1.807, 2.05) is 17.0 Å². The Morgan fingerprint density at radius 1 is 0.963 bits per heavy atom. The first-order valence-corrected chi connectivity index (χ1v) is 9.78. The number of anilines is 1. The van der Waals surface area contributed by atoms with Crippen LogP contribution in [0.3, 0.4) is 0 Å². The van der Waals surface area contributed by atoms with Crippen molar-refractivity contribution in [3.8, 4) is 0 Å². The van der Waals surface area contributed by atoms with Crippen LogP contribution >= 0.6 is 0 Å². The summed E-state index contributed by atoms with van der Waals surface area (Å²) < 4.78 is 0. The van der Waals surface area contributed by atoms with E-state index in [9.17, 15) is 4.79 Å². The van der Waals surface area contributed by atoms with Crippen LogP contribution in [0, 0.1) is 6.92 Å². The van der Waals surface area contributed by atoms with Gasteiger partial charge in [0.2, 0.25) is 0 Å². The summed E-state index contributed by atoms with van der Waals surface area (Å²) in [7, 11) is 0. The van der Waals surface area contributed by atoms with Gasteiger partial charge in [0.1, 0.15) is 0 Å². The summed E-state index contributed by atoms with van der Waals surface area (Å²) in [5.41, 5.74) is 5.15. The highest BCUT2D eigenvalue weighted by Gasteiger charge is 2.25. The molecule has 4 heteroatoms. The number of hydrogen-bond donors (Lipinski definition) is 1. The number of hydrogen-bond acceptors (Lipinski definition) is 2. The fourth-order valence-corrected chi connectivity index (χ4v) is 3.63. The standard InChI is InChI=1S/C23H31N3O/c1-18-9-5-6-10-19(18)17-24-22(27)26-15-13-25(14-16-26)21-12-8-7-11-20(21)23(2,3)4/h5-12H,13-17H2,1-4H3,(H,24,27). The molecule has 1 heterocycles. The third-order valence-corrected chi connectivity index (χ3v) is 5.31. The average Bonchev–Trinajstić information content (AvgIpc) is 2.66. The number of para-hydroxylation sites is 1. The van der Waals surface area contributed by atoms with Gasteiger partial charge in [0.25, 0.3) is 0 Å². The van der Waals surface area contributed by atoms with Gasteiger partial charge in [-0.1, -0.05) is 63.2 Å². The first-order valence-electron chi connectivity index (χ1n) is 9.78. The Balaban J connectivity index is 1.58. The topological polar surface area (TPSA) is 35.6 Å². The predicted octanol–water partition coefficient (Wildman–Crippen LogP) is 4.32. The van der Waals surface area contributed by atoms with Gasteiger partial charge in [0.05, 0.1) is 0 Å². The summed E-state index contributed by atoms with van der Waals surface area (Å²) in [4.78, 5) is 16.9. The second-order valence-electron chi connectivity index (χ2n) is 8.33. The fourth-order valence-electron chi connectivity index (χ4n) is 3.63. The van der Waals surface area contributed by atoms with Gasteiger partial charge in [-0.25, -0.2) is 4.79 Å². The van der Waals surface area contributed by atoms with Crippen LogP contribution in [0.5, 0.6) is 0 Å². The maximum Gasteiger partial charge on any atom is 0.317 e. The Kier molecular flexibility index (Phi) is 5.73. The Morgan fingerprint density at radius 2 is 1.59 bits per heavy atom. The SMILES string of the molecule is Cc1ccccc1CNC(=O)N1CCN(c2ccccc2C(C)(C)C)CC1. The summed E-state index contributed by atoms with van der Waals surface area (Å²) >= 11 is 0. The molecule has 144 valence electrons. The second-order valence-corrected chi connectivity index (χ2v) is 8.33. The van der Waals surface area contributed by atoms with Crippen LogP contribution in [0.1, 0.15) is 37.5 Å². The van der Waals surface area contributed by atoms with Gasteiger partial charge in [-0.3, -0.25) is 0 Å². The zero-order chi connectivity index (χ0) is 19.4. The summed E-state index contributed by atoms with van der Waals surface area (Å²) in [6, 6.07) is 16.8. The molecule has 0 bridgehead atoms. The zero-order valence-electron chi connectivity index (χ0n) is 17.0. The van der Waals surface area contributed by atoms with Crippen molar-refractivity contribution in [2.24, 2.45) is 0 Å². The van der Waals surface area contributed by atoms with Crippen molar-refractivity contribution in [2.75, 3.05) is 31.1 Å². The van der Waals surface area contributed by atoms with Gasteiger partial charge in [0.15, 0.2) is 0 Å². The van der Waals surface area contributed by atoms with E-state index in [0.717, 1.165) is 26.2 Å². The average molecular weight is 366 g/mol. The van der Waals surface area contributed by atoms with E-state index in [1.165, 1.54) is 22.4 Å². The molecule has 3 rings (SSSR count). The monoisotopic (exact) mass is 365 g/mol. The molecule has 4 nitrogen and oxygen atoms in total. The van der Waals surface area contributed by atoms with E-state index in [4.69, 9.17) is 0 Å². The maximum atomic E-state index is 12.5. The number of amides is 2. The molecule has 2 aromatic carbocycles. The third kappa shape index (κ3) is 4.62. The van der Waals surface area contributed by atoms with Gasteiger partial charge in [-0.15, -0.1) is 0 Å². The Morgan fingerprint density at radius 3 is 2.26 bits per heavy atom. The molecule has 1 aliphatic rings. The van der Waals surface area contributed by atoms with Gasteiger partial charge in [-0.2, -0.15) is 0 Å². The van der Waals surface area contributed by atoms with E-state index in [0.29, 0.717) is 6.54 Å². The lowest BCUT2D eigenvalue weighted by Gasteiger charge is -2.38. The molecule has 1 fully saturated rings. The molecule has 0 saturated carbocycles. The van der Waals surface area contributed by atoms with E-state index in [-0.39, 0.29) is 11.4 Å². The van der Waals surface area contributed by atoms with E-state index >= 15 is 0 Å². The Bertz CT molecular complexity index is 786. The number of aryl methyl sites for hydroxylation is 1. The van der Waals surface area contributed by atoms with E-state index < -0.39 is 0 Å². The van der Waals surface area contributed by atoms with Gasteiger partial charge >= 0.3 is 6.03 Å². The van der Waals surface area contributed by atoms with Gasteiger partial charge in [-0.05, 0) is 35.1 Å². The summed E-state index contributed by atoms with van der Waals surface area (Å²) in [5, 5.41) is 3.07. The summed E-state index contributed by atoms with van der Waals surface area (Å²) in [5.74, 6) is 0. The van der Waals surface area contributed by atoms with Crippen LogP contribution in [-0.2, 0) is 12.0 Å². The number of rotatable bonds is 3. The van der Waals surface area contributed by atoms with Gasteiger partial charge in [0, 0.05) is 38.4 Å². The van der Waals surface area contributed by atoms with Crippen molar-refractivity contribution in [2.45, 2.75) is 39.7 Å². The maximum absolute atomic E-state index is 12.5. The van der Waals surface area contributed by atoms with Crippen molar-refractivity contribution in [1.29, 1.82) is 0 Å². The van der Waals surface area contributed by atoms with Crippen molar-refractivity contribution < 1.29 is 4.79 Å². The minimum atomic E-state index is 0.0296. The number of nitrogens with zero attached hydrogens (tertiary/aromatic N) is 2. The number of carbonyl (C=O) groups is 1. The molecular formula is C23H31N3O. The molecule has 0 unspecified atom stereocenters. The van der Waals surface area contributed by atoms with Crippen molar-refractivity contribution in [1.82, 2.24) is 10.2 Å².